The fraction of sp³-hybridized carbons (Fsp3) is 0.633. The molecule has 14 heteroatoms. The zero-order valence-electron chi connectivity index (χ0n) is 24.6. The third kappa shape index (κ3) is 7.93. The molecule has 1 aromatic heterocycles. The molecule has 2 N–H and O–H groups in total. The maximum atomic E-state index is 14.0. The van der Waals surface area contributed by atoms with Gasteiger partial charge in [-0.05, 0) is 50.9 Å². The summed E-state index contributed by atoms with van der Waals surface area (Å²) in [5, 5.41) is 25.0. The monoisotopic (exact) mass is 641 g/mol. The maximum absolute atomic E-state index is 14.0. The minimum Gasteiger partial charge on any atom is -0.474 e. The largest absolute Gasteiger partial charge is 0.474 e. The summed E-state index contributed by atoms with van der Waals surface area (Å²) in [4.78, 5) is 29.3. The van der Waals surface area contributed by atoms with Crippen molar-refractivity contribution in [1.82, 2.24) is 24.5 Å². The van der Waals surface area contributed by atoms with Gasteiger partial charge in [-0.25, -0.2) is 9.18 Å². The van der Waals surface area contributed by atoms with E-state index in [1.54, 1.807) is 4.68 Å². The van der Waals surface area contributed by atoms with Crippen molar-refractivity contribution in [2.24, 2.45) is 0 Å². The van der Waals surface area contributed by atoms with Gasteiger partial charge in [-0.1, -0.05) is 12.5 Å². The van der Waals surface area contributed by atoms with Gasteiger partial charge in [0, 0.05) is 66.6 Å². The van der Waals surface area contributed by atoms with Crippen molar-refractivity contribution in [3.05, 3.63) is 35.0 Å². The Balaban J connectivity index is 1.42. The summed E-state index contributed by atoms with van der Waals surface area (Å²) in [5.74, 6) is -2.25. The Labute approximate surface area is 258 Å². The minimum atomic E-state index is -4.57. The fourth-order valence-electron chi connectivity index (χ4n) is 6.31. The molecule has 0 saturated carbocycles. The number of likely N-dealkylation sites (tertiary alicyclic amines) is 2. The van der Waals surface area contributed by atoms with Gasteiger partial charge in [-0.3, -0.25) is 9.48 Å². The number of benzene rings is 1. The average Bonchev–Trinajstić information content (AvgIpc) is 3.34. The second kappa shape index (κ2) is 14.2. The smallest absolute Gasteiger partial charge is 0.417 e. The van der Waals surface area contributed by atoms with Crippen LogP contribution in [0.4, 0.5) is 17.6 Å². The van der Waals surface area contributed by atoms with Crippen LogP contribution < -0.4 is 0 Å². The van der Waals surface area contributed by atoms with E-state index >= 15 is 0 Å². The molecule has 1 amide bonds. The van der Waals surface area contributed by atoms with Crippen molar-refractivity contribution in [3.8, 4) is 11.3 Å². The molecular formula is C30H39F4N5O4S. The molecule has 0 radical (unpaired) electrons. The molecule has 1 unspecified atom stereocenters. The summed E-state index contributed by atoms with van der Waals surface area (Å²) >= 11 is 1.08. The molecule has 5 rings (SSSR count). The van der Waals surface area contributed by atoms with Gasteiger partial charge in [-0.15, -0.1) is 11.8 Å². The number of carboxylic acids is 1. The third-order valence-corrected chi connectivity index (χ3v) is 9.68. The van der Waals surface area contributed by atoms with Gasteiger partial charge in [-0.2, -0.15) is 18.3 Å². The number of fused-ring (bicyclic) bond motifs is 1. The van der Waals surface area contributed by atoms with Gasteiger partial charge < -0.3 is 24.9 Å². The zero-order chi connectivity index (χ0) is 31.4. The van der Waals surface area contributed by atoms with E-state index in [1.165, 1.54) is 23.5 Å². The number of aliphatic carboxylic acids is 1. The molecule has 2 saturated heterocycles. The number of aliphatic hydroxyl groups is 1. The van der Waals surface area contributed by atoms with Gasteiger partial charge >= 0.3 is 18.1 Å². The van der Waals surface area contributed by atoms with E-state index in [1.807, 2.05) is 0 Å². The highest BCUT2D eigenvalue weighted by Gasteiger charge is 2.35. The summed E-state index contributed by atoms with van der Waals surface area (Å²) in [6.07, 6.45) is -1.66. The number of piperidine rings is 2. The summed E-state index contributed by atoms with van der Waals surface area (Å²) in [5.41, 5.74) is 1.33. The summed E-state index contributed by atoms with van der Waals surface area (Å²) in [6, 6.07) is 3.84. The fourth-order valence-corrected chi connectivity index (χ4v) is 7.43. The van der Waals surface area contributed by atoms with Crippen molar-refractivity contribution in [1.29, 1.82) is 0 Å². The lowest BCUT2D eigenvalue weighted by Gasteiger charge is -2.29. The van der Waals surface area contributed by atoms with Gasteiger partial charge in [0.15, 0.2) is 0 Å². The number of carbonyl (C=O) groups excluding carboxylic acids is 1. The molecule has 44 heavy (non-hydrogen) atoms. The standard InChI is InChI=1S/C30H39F4N5O4S/c31-21-6-11-36(12-7-21)14-15-44-26-16-20(4-5-24(26)30(32,33)34)27-23-19-38(28(41)29(42)43)13-8-25(23)39(35-27)18-22(40)17-37-9-2-1-3-10-37/h4-5,16,21-22,40H,1-3,6-15,17-19H2,(H,42,43). The molecule has 2 fully saturated rings. The number of carbonyl (C=O) groups is 2. The number of halogens is 4. The topological polar surface area (TPSA) is 102 Å². The molecule has 1 atom stereocenters. The highest BCUT2D eigenvalue weighted by atomic mass is 32.2. The van der Waals surface area contributed by atoms with Crippen LogP contribution in [0.2, 0.25) is 0 Å². The number of aromatic nitrogens is 2. The van der Waals surface area contributed by atoms with Crippen LogP contribution in [0.15, 0.2) is 23.1 Å². The van der Waals surface area contributed by atoms with Gasteiger partial charge in [0.1, 0.15) is 6.17 Å². The van der Waals surface area contributed by atoms with Crippen molar-refractivity contribution in [3.63, 3.8) is 0 Å². The van der Waals surface area contributed by atoms with Crippen molar-refractivity contribution in [2.75, 3.05) is 51.6 Å². The molecule has 3 aliphatic rings. The molecule has 0 bridgehead atoms. The first-order valence-electron chi connectivity index (χ1n) is 15.2. The van der Waals surface area contributed by atoms with Crippen LogP contribution in [0.5, 0.6) is 0 Å². The van der Waals surface area contributed by atoms with E-state index in [4.69, 9.17) is 5.10 Å². The van der Waals surface area contributed by atoms with Gasteiger partial charge in [0.05, 0.1) is 30.5 Å². The Morgan fingerprint density at radius 1 is 1.02 bits per heavy atom. The number of alkyl halides is 4. The molecule has 242 valence electrons. The highest BCUT2D eigenvalue weighted by Crippen LogP contribution is 2.40. The first-order valence-corrected chi connectivity index (χ1v) is 16.2. The van der Waals surface area contributed by atoms with E-state index in [2.05, 4.69) is 9.80 Å². The van der Waals surface area contributed by atoms with Crippen LogP contribution in [0.3, 0.4) is 0 Å². The van der Waals surface area contributed by atoms with Crippen molar-refractivity contribution < 1.29 is 37.4 Å². The number of aliphatic hydroxyl groups excluding tert-OH is 1. The number of β-amino-alcohol motifs (C(OH)–C–C–N with tert-alkyl or cyclic N) is 1. The Hall–Kier alpha value is -2.68. The quantitative estimate of drug-likeness (QED) is 0.242. The lowest BCUT2D eigenvalue weighted by molar-refractivity contribution is -0.156. The third-order valence-electron chi connectivity index (χ3n) is 8.65. The number of thioether (sulfide) groups is 1. The summed E-state index contributed by atoms with van der Waals surface area (Å²) in [7, 11) is 0. The number of hydrogen-bond acceptors (Lipinski definition) is 7. The normalized spacial score (nSPS) is 19.6. The highest BCUT2D eigenvalue weighted by molar-refractivity contribution is 7.99. The number of nitrogens with zero attached hydrogens (tertiary/aromatic N) is 5. The summed E-state index contributed by atoms with van der Waals surface area (Å²) in [6.45, 7) is 4.24. The van der Waals surface area contributed by atoms with Crippen LogP contribution in [0.25, 0.3) is 11.3 Å². The van der Waals surface area contributed by atoms with Crippen LogP contribution in [0.1, 0.15) is 48.9 Å². The van der Waals surface area contributed by atoms with Crippen LogP contribution in [-0.4, -0.2) is 110 Å². The maximum Gasteiger partial charge on any atom is 0.417 e. The summed E-state index contributed by atoms with van der Waals surface area (Å²) < 4.78 is 57.2. The minimum absolute atomic E-state index is 0.0399. The van der Waals surface area contributed by atoms with Crippen LogP contribution in [0, 0.1) is 0 Å². The lowest BCUT2D eigenvalue weighted by atomic mass is 9.99. The van der Waals surface area contributed by atoms with Crippen LogP contribution in [-0.2, 0) is 35.3 Å². The van der Waals surface area contributed by atoms with Crippen molar-refractivity contribution in [2.45, 2.75) is 75.0 Å². The molecule has 9 nitrogen and oxygen atoms in total. The average molecular weight is 642 g/mol. The predicted octanol–water partition coefficient (Wildman–Crippen LogP) is 3.91. The van der Waals surface area contributed by atoms with E-state index in [-0.39, 0.29) is 24.5 Å². The number of hydrogen-bond donors (Lipinski definition) is 2. The molecule has 4 heterocycles. The van der Waals surface area contributed by atoms with E-state index in [0.717, 1.165) is 49.5 Å². The SMILES string of the molecule is O=C(O)C(=O)N1CCc2c(c(-c3ccc(C(F)(F)F)c(SCCN4CCC(F)CC4)c3)nn2CC(O)CN2CCCCC2)C1. The van der Waals surface area contributed by atoms with Gasteiger partial charge in [0.2, 0.25) is 0 Å². The van der Waals surface area contributed by atoms with E-state index < -0.39 is 35.9 Å². The zero-order valence-corrected chi connectivity index (χ0v) is 25.4. The lowest BCUT2D eigenvalue weighted by Crippen LogP contribution is -2.41. The molecule has 0 aliphatic carbocycles. The molecular weight excluding hydrogens is 602 g/mol. The Bertz CT molecular complexity index is 1330. The second-order valence-corrected chi connectivity index (χ2v) is 13.0. The number of carboxylic acid groups (broad SMARTS) is 1. The van der Waals surface area contributed by atoms with Gasteiger partial charge in [0.25, 0.3) is 0 Å². The van der Waals surface area contributed by atoms with E-state index in [9.17, 15) is 37.4 Å². The Morgan fingerprint density at radius 2 is 1.75 bits per heavy atom. The first-order chi connectivity index (χ1) is 21.0. The van der Waals surface area contributed by atoms with Crippen molar-refractivity contribution >= 4 is 23.6 Å². The molecule has 0 spiro atoms. The molecule has 2 aromatic rings. The predicted molar refractivity (Wildman–Crippen MR) is 157 cm³/mol. The number of rotatable bonds is 9. The molecule has 1 aromatic carbocycles. The number of amides is 1. The second-order valence-electron chi connectivity index (χ2n) is 11.8. The first kappa shape index (κ1) is 32.7. The Morgan fingerprint density at radius 3 is 2.43 bits per heavy atom. The Kier molecular flexibility index (Phi) is 10.5. The molecule has 3 aliphatic heterocycles. The van der Waals surface area contributed by atoms with Crippen LogP contribution >= 0.6 is 11.8 Å². The van der Waals surface area contributed by atoms with E-state index in [0.29, 0.717) is 68.0 Å².